The van der Waals surface area contributed by atoms with Crippen LogP contribution < -0.4 is 10.6 Å². The zero-order valence-corrected chi connectivity index (χ0v) is 9.42. The quantitative estimate of drug-likeness (QED) is 0.336. The molecule has 4 N–H and O–H groups in total. The predicted octanol–water partition coefficient (Wildman–Crippen LogP) is 0.658. The maximum absolute atomic E-state index is 10.5. The molecule has 0 fully saturated rings. The van der Waals surface area contributed by atoms with Gasteiger partial charge in [-0.2, -0.15) is 0 Å². The van der Waals surface area contributed by atoms with Crippen molar-refractivity contribution in [2.24, 2.45) is 0 Å². The Morgan fingerprint density at radius 2 is 2.11 bits per heavy atom. The van der Waals surface area contributed by atoms with Gasteiger partial charge >= 0.3 is 6.09 Å². The number of amides is 1. The van der Waals surface area contributed by atoms with E-state index in [4.69, 9.17) is 5.11 Å². The maximum atomic E-state index is 10.5. The third kappa shape index (κ3) is 4.26. The molecule has 98 valence electrons. The monoisotopic (exact) mass is 255 g/mol. The Labute approximate surface area is 102 Å². The van der Waals surface area contributed by atoms with Crippen LogP contribution in [-0.2, 0) is 6.54 Å². The van der Waals surface area contributed by atoms with Crippen molar-refractivity contribution in [3.8, 4) is 5.75 Å². The van der Waals surface area contributed by atoms with Crippen LogP contribution in [0.1, 0.15) is 5.56 Å². The molecular formula is C10H13N3O5. The first-order valence-electron chi connectivity index (χ1n) is 5.14. The number of phenolic OH excluding ortho intramolecular Hbond substituents is 1. The van der Waals surface area contributed by atoms with E-state index in [1.165, 1.54) is 18.2 Å². The molecule has 1 rings (SSSR count). The van der Waals surface area contributed by atoms with Crippen LogP contribution in [0.2, 0.25) is 0 Å². The number of non-ortho nitro benzene ring substituents is 1. The lowest BCUT2D eigenvalue weighted by atomic mass is 10.2. The fourth-order valence-corrected chi connectivity index (χ4v) is 1.31. The van der Waals surface area contributed by atoms with Crippen molar-refractivity contribution in [3.63, 3.8) is 0 Å². The van der Waals surface area contributed by atoms with Crippen LogP contribution >= 0.6 is 0 Å². The molecule has 1 amide bonds. The van der Waals surface area contributed by atoms with E-state index in [-0.39, 0.29) is 24.5 Å². The van der Waals surface area contributed by atoms with Gasteiger partial charge in [-0.25, -0.2) is 4.79 Å². The van der Waals surface area contributed by atoms with Gasteiger partial charge in [0.05, 0.1) is 4.92 Å². The number of carboxylic acid groups (broad SMARTS) is 1. The number of phenols is 1. The highest BCUT2D eigenvalue weighted by Gasteiger charge is 2.09. The first-order valence-corrected chi connectivity index (χ1v) is 5.14. The summed E-state index contributed by atoms with van der Waals surface area (Å²) >= 11 is 0. The van der Waals surface area contributed by atoms with E-state index in [2.05, 4.69) is 10.6 Å². The number of nitro groups is 1. The second kappa shape index (κ2) is 6.40. The molecule has 18 heavy (non-hydrogen) atoms. The van der Waals surface area contributed by atoms with Crippen molar-refractivity contribution in [3.05, 3.63) is 33.9 Å². The molecule has 0 unspecified atom stereocenters. The van der Waals surface area contributed by atoms with E-state index in [0.717, 1.165) is 0 Å². The number of aromatic hydroxyl groups is 1. The molecular weight excluding hydrogens is 242 g/mol. The molecule has 0 spiro atoms. The summed E-state index contributed by atoms with van der Waals surface area (Å²) in [5.74, 6) is -0.0423. The lowest BCUT2D eigenvalue weighted by Crippen LogP contribution is -2.30. The number of hydrogen-bond acceptors (Lipinski definition) is 5. The van der Waals surface area contributed by atoms with Crippen molar-refractivity contribution < 1.29 is 19.9 Å². The summed E-state index contributed by atoms with van der Waals surface area (Å²) in [6.07, 6.45) is -1.12. The minimum atomic E-state index is -1.12. The molecule has 0 bridgehead atoms. The van der Waals surface area contributed by atoms with Gasteiger partial charge in [0.1, 0.15) is 5.75 Å². The molecule has 0 aliphatic heterocycles. The topological polar surface area (TPSA) is 125 Å². The number of carbonyl (C=O) groups is 1. The Kier molecular flexibility index (Phi) is 4.88. The molecule has 0 radical (unpaired) electrons. The van der Waals surface area contributed by atoms with E-state index in [1.54, 1.807) is 0 Å². The predicted molar refractivity (Wildman–Crippen MR) is 62.5 cm³/mol. The van der Waals surface area contributed by atoms with Crippen LogP contribution in [0, 0.1) is 10.1 Å². The van der Waals surface area contributed by atoms with Crippen molar-refractivity contribution in [2.45, 2.75) is 6.54 Å². The lowest BCUT2D eigenvalue weighted by molar-refractivity contribution is -0.384. The average molecular weight is 255 g/mol. The number of benzene rings is 1. The first-order chi connectivity index (χ1) is 8.50. The van der Waals surface area contributed by atoms with Gasteiger partial charge in [-0.1, -0.05) is 0 Å². The number of nitrogens with one attached hydrogen (secondary N) is 2. The summed E-state index contributed by atoms with van der Waals surface area (Å²) in [6, 6.07) is 3.74. The zero-order chi connectivity index (χ0) is 13.5. The number of rotatable bonds is 6. The standard InChI is InChI=1S/C10H13N3O5/c14-9-2-1-8(13(17)18)5-7(9)6-11-3-4-12-10(15)16/h1-2,5,11-12,14H,3-4,6H2,(H,15,16). The Morgan fingerprint density at radius 1 is 1.39 bits per heavy atom. The molecule has 0 aliphatic rings. The molecule has 0 atom stereocenters. The molecule has 0 saturated carbocycles. The molecule has 0 aliphatic carbocycles. The van der Waals surface area contributed by atoms with Gasteiger partial charge in [-0.05, 0) is 6.07 Å². The summed E-state index contributed by atoms with van der Waals surface area (Å²) in [5.41, 5.74) is 0.285. The number of nitrogens with zero attached hydrogens (tertiary/aromatic N) is 1. The van der Waals surface area contributed by atoms with E-state index in [1.807, 2.05) is 0 Å². The van der Waals surface area contributed by atoms with Crippen LogP contribution in [0.4, 0.5) is 10.5 Å². The molecule has 1 aromatic rings. The van der Waals surface area contributed by atoms with Crippen LogP contribution in [0.15, 0.2) is 18.2 Å². The third-order valence-electron chi connectivity index (χ3n) is 2.17. The second-order valence-corrected chi connectivity index (χ2v) is 3.48. The van der Waals surface area contributed by atoms with Gasteiger partial charge in [0.15, 0.2) is 0 Å². The zero-order valence-electron chi connectivity index (χ0n) is 9.42. The Morgan fingerprint density at radius 3 is 2.72 bits per heavy atom. The van der Waals surface area contributed by atoms with E-state index < -0.39 is 11.0 Å². The van der Waals surface area contributed by atoms with Gasteiger partial charge in [0.2, 0.25) is 0 Å². The summed E-state index contributed by atoms with van der Waals surface area (Å²) in [7, 11) is 0. The van der Waals surface area contributed by atoms with Crippen LogP contribution in [-0.4, -0.2) is 34.3 Å². The van der Waals surface area contributed by atoms with E-state index in [9.17, 15) is 20.0 Å². The van der Waals surface area contributed by atoms with Crippen LogP contribution in [0.3, 0.4) is 0 Å². The Hall–Kier alpha value is -2.35. The van der Waals surface area contributed by atoms with Gasteiger partial charge in [-0.15, -0.1) is 0 Å². The average Bonchev–Trinajstić information content (AvgIpc) is 2.30. The minimum absolute atomic E-state index is 0.0423. The molecule has 0 saturated heterocycles. The van der Waals surface area contributed by atoms with Crippen molar-refractivity contribution in [1.82, 2.24) is 10.6 Å². The van der Waals surface area contributed by atoms with Crippen LogP contribution in [0.25, 0.3) is 0 Å². The molecule has 0 aromatic heterocycles. The maximum Gasteiger partial charge on any atom is 0.404 e. The normalized spacial score (nSPS) is 10.0. The molecule has 8 nitrogen and oxygen atoms in total. The van der Waals surface area contributed by atoms with Gasteiger partial charge < -0.3 is 20.8 Å². The fourth-order valence-electron chi connectivity index (χ4n) is 1.31. The highest BCUT2D eigenvalue weighted by molar-refractivity contribution is 5.64. The smallest absolute Gasteiger partial charge is 0.404 e. The largest absolute Gasteiger partial charge is 0.508 e. The van der Waals surface area contributed by atoms with Gasteiger partial charge in [0, 0.05) is 37.3 Å². The summed E-state index contributed by atoms with van der Waals surface area (Å²) < 4.78 is 0. The highest BCUT2D eigenvalue weighted by atomic mass is 16.6. The molecule has 8 heteroatoms. The molecule has 1 aromatic carbocycles. The van der Waals surface area contributed by atoms with Crippen molar-refractivity contribution in [1.29, 1.82) is 0 Å². The van der Waals surface area contributed by atoms with Gasteiger partial charge in [-0.3, -0.25) is 10.1 Å². The van der Waals surface area contributed by atoms with E-state index >= 15 is 0 Å². The van der Waals surface area contributed by atoms with Crippen molar-refractivity contribution in [2.75, 3.05) is 13.1 Å². The van der Waals surface area contributed by atoms with Gasteiger partial charge in [0.25, 0.3) is 5.69 Å². The van der Waals surface area contributed by atoms with Crippen molar-refractivity contribution >= 4 is 11.8 Å². The lowest BCUT2D eigenvalue weighted by Gasteiger charge is -2.06. The highest BCUT2D eigenvalue weighted by Crippen LogP contribution is 2.22. The molecule has 0 heterocycles. The first kappa shape index (κ1) is 13.7. The number of nitro benzene ring substituents is 1. The number of hydrogen-bond donors (Lipinski definition) is 4. The Bertz CT molecular complexity index is 449. The Balaban J connectivity index is 2.48. The van der Waals surface area contributed by atoms with E-state index in [0.29, 0.717) is 12.1 Å². The second-order valence-electron chi connectivity index (χ2n) is 3.48. The third-order valence-corrected chi connectivity index (χ3v) is 2.17. The summed E-state index contributed by atoms with van der Waals surface area (Å²) in [5, 5.41) is 33.4. The summed E-state index contributed by atoms with van der Waals surface area (Å²) in [6.45, 7) is 0.786. The minimum Gasteiger partial charge on any atom is -0.508 e. The SMILES string of the molecule is O=C(O)NCCNCc1cc([N+](=O)[O-])ccc1O. The van der Waals surface area contributed by atoms with Crippen LogP contribution in [0.5, 0.6) is 5.75 Å². The summed E-state index contributed by atoms with van der Waals surface area (Å²) in [4.78, 5) is 20.1. The fraction of sp³-hybridized carbons (Fsp3) is 0.300.